The summed E-state index contributed by atoms with van der Waals surface area (Å²) in [5.74, 6) is 0.678. The van der Waals surface area contributed by atoms with Gasteiger partial charge in [-0.25, -0.2) is 13.4 Å². The first-order chi connectivity index (χ1) is 8.86. The molecule has 19 heavy (non-hydrogen) atoms. The number of aryl methyl sites for hydroxylation is 2. The number of nitrogens with two attached hydrogens (primary N) is 1. The Labute approximate surface area is 114 Å². The number of hydrogen-bond donors (Lipinski definition) is 1. The molecule has 1 unspecified atom stereocenters. The number of likely N-dealkylation sites (N-methyl/N-ethyl adjacent to an activating group) is 1. The van der Waals surface area contributed by atoms with Crippen molar-refractivity contribution in [1.29, 1.82) is 0 Å². The Morgan fingerprint density at radius 3 is 2.63 bits per heavy atom. The van der Waals surface area contributed by atoms with Crippen LogP contribution in [0, 0.1) is 6.92 Å². The molecule has 2 N–H and O–H groups in total. The minimum absolute atomic E-state index is 0.107. The highest BCUT2D eigenvalue weighted by Crippen LogP contribution is 2.20. The van der Waals surface area contributed by atoms with E-state index in [1.54, 1.807) is 24.7 Å². The predicted octanol–water partition coefficient (Wildman–Crippen LogP) is -1.01. The number of nitrogens with zero attached hydrogens (tertiary/aromatic N) is 4. The molecule has 0 radical (unpaired) electrons. The summed E-state index contributed by atoms with van der Waals surface area (Å²) in [6.45, 7) is 3.91. The Kier molecular flexibility index (Phi) is 3.95. The smallest absolute Gasteiger partial charge is 0.262 e. The third kappa shape index (κ3) is 2.66. The second kappa shape index (κ2) is 5.20. The number of rotatable bonds is 3. The van der Waals surface area contributed by atoms with Crippen LogP contribution >= 0.6 is 0 Å². The molecule has 108 valence electrons. The molecule has 0 bridgehead atoms. The van der Waals surface area contributed by atoms with E-state index in [1.165, 1.54) is 4.31 Å². The van der Waals surface area contributed by atoms with Gasteiger partial charge in [0.1, 0.15) is 5.82 Å². The molecule has 1 aliphatic rings. The van der Waals surface area contributed by atoms with E-state index in [0.29, 0.717) is 32.0 Å². The zero-order chi connectivity index (χ0) is 14.2. The largest absolute Gasteiger partial charge is 0.337 e. The van der Waals surface area contributed by atoms with Crippen LogP contribution < -0.4 is 5.73 Å². The SMILES string of the molecule is Cc1nc(S(=O)(=O)N2CCN(C)CC2CN)cn1C. The Morgan fingerprint density at radius 2 is 2.11 bits per heavy atom. The van der Waals surface area contributed by atoms with Gasteiger partial charge in [0.15, 0.2) is 5.03 Å². The lowest BCUT2D eigenvalue weighted by Crippen LogP contribution is -2.56. The van der Waals surface area contributed by atoms with E-state index in [2.05, 4.69) is 9.88 Å². The van der Waals surface area contributed by atoms with Crippen molar-refractivity contribution >= 4 is 10.0 Å². The summed E-state index contributed by atoms with van der Waals surface area (Å²) in [7, 11) is 0.200. The van der Waals surface area contributed by atoms with E-state index in [1.807, 2.05) is 7.05 Å². The molecule has 7 nitrogen and oxygen atoms in total. The van der Waals surface area contributed by atoms with Crippen LogP contribution in [-0.4, -0.2) is 66.4 Å². The fraction of sp³-hybridized carbons (Fsp3) is 0.727. The van der Waals surface area contributed by atoms with Crippen molar-refractivity contribution in [3.8, 4) is 0 Å². The fourth-order valence-corrected chi connectivity index (χ4v) is 3.92. The normalized spacial score (nSPS) is 22.8. The Balaban J connectivity index is 2.33. The summed E-state index contributed by atoms with van der Waals surface area (Å²) >= 11 is 0. The summed E-state index contributed by atoms with van der Waals surface area (Å²) in [6, 6.07) is -0.189. The van der Waals surface area contributed by atoms with Gasteiger partial charge in [0, 0.05) is 39.4 Å². The first-order valence-electron chi connectivity index (χ1n) is 6.26. The Morgan fingerprint density at radius 1 is 1.42 bits per heavy atom. The van der Waals surface area contributed by atoms with Gasteiger partial charge in [0.2, 0.25) is 0 Å². The monoisotopic (exact) mass is 287 g/mol. The number of imidazole rings is 1. The molecule has 1 aliphatic heterocycles. The van der Waals surface area contributed by atoms with Gasteiger partial charge < -0.3 is 15.2 Å². The molecule has 0 amide bonds. The zero-order valence-electron chi connectivity index (χ0n) is 11.6. The van der Waals surface area contributed by atoms with Crippen molar-refractivity contribution in [3.63, 3.8) is 0 Å². The van der Waals surface area contributed by atoms with E-state index >= 15 is 0 Å². The maximum Gasteiger partial charge on any atom is 0.262 e. The third-order valence-corrected chi connectivity index (χ3v) is 5.39. The van der Waals surface area contributed by atoms with Gasteiger partial charge in [0.25, 0.3) is 10.0 Å². The maximum atomic E-state index is 12.6. The van der Waals surface area contributed by atoms with E-state index in [0.717, 1.165) is 0 Å². The first kappa shape index (κ1) is 14.4. The van der Waals surface area contributed by atoms with Gasteiger partial charge in [0.05, 0.1) is 6.04 Å². The van der Waals surface area contributed by atoms with Crippen LogP contribution in [0.1, 0.15) is 5.82 Å². The molecular weight excluding hydrogens is 266 g/mol. The van der Waals surface area contributed by atoms with Crippen LogP contribution in [0.3, 0.4) is 0 Å². The van der Waals surface area contributed by atoms with Crippen molar-refractivity contribution in [2.24, 2.45) is 12.8 Å². The average molecular weight is 287 g/mol. The van der Waals surface area contributed by atoms with Crippen LogP contribution in [-0.2, 0) is 17.1 Å². The summed E-state index contributed by atoms with van der Waals surface area (Å²) < 4.78 is 28.4. The molecule has 0 saturated carbocycles. The highest BCUT2D eigenvalue weighted by atomic mass is 32.2. The highest BCUT2D eigenvalue weighted by Gasteiger charge is 2.35. The van der Waals surface area contributed by atoms with Crippen LogP contribution in [0.5, 0.6) is 0 Å². The first-order valence-corrected chi connectivity index (χ1v) is 7.70. The molecular formula is C11H21N5O2S. The quantitative estimate of drug-likeness (QED) is 0.770. The van der Waals surface area contributed by atoms with Crippen molar-refractivity contribution in [1.82, 2.24) is 18.8 Å². The van der Waals surface area contributed by atoms with Gasteiger partial charge >= 0.3 is 0 Å². The van der Waals surface area contributed by atoms with Crippen molar-refractivity contribution in [3.05, 3.63) is 12.0 Å². The second-order valence-corrected chi connectivity index (χ2v) is 6.84. The predicted molar refractivity (Wildman–Crippen MR) is 72.2 cm³/mol. The van der Waals surface area contributed by atoms with Gasteiger partial charge in [-0.3, -0.25) is 0 Å². The number of aromatic nitrogens is 2. The van der Waals surface area contributed by atoms with E-state index in [4.69, 9.17) is 5.73 Å². The second-order valence-electron chi connectivity index (χ2n) is 5.00. The molecule has 1 aromatic heterocycles. The van der Waals surface area contributed by atoms with Crippen LogP contribution in [0.25, 0.3) is 0 Å². The van der Waals surface area contributed by atoms with Crippen molar-refractivity contribution in [2.45, 2.75) is 18.0 Å². The van der Waals surface area contributed by atoms with Crippen LogP contribution in [0.4, 0.5) is 0 Å². The summed E-state index contributed by atoms with van der Waals surface area (Å²) in [5, 5.41) is 0.107. The highest BCUT2D eigenvalue weighted by molar-refractivity contribution is 7.89. The molecule has 2 rings (SSSR count). The fourth-order valence-electron chi connectivity index (χ4n) is 2.27. The van der Waals surface area contributed by atoms with Gasteiger partial charge in [-0.05, 0) is 14.0 Å². The number of sulfonamides is 1. The van der Waals surface area contributed by atoms with E-state index < -0.39 is 10.0 Å². The molecule has 1 atom stereocenters. The average Bonchev–Trinajstić information content (AvgIpc) is 2.70. The molecule has 2 heterocycles. The molecule has 1 fully saturated rings. The van der Waals surface area contributed by atoms with Crippen LogP contribution in [0.2, 0.25) is 0 Å². The number of piperazine rings is 1. The summed E-state index contributed by atoms with van der Waals surface area (Å²) in [5.41, 5.74) is 5.71. The minimum Gasteiger partial charge on any atom is -0.337 e. The minimum atomic E-state index is -3.55. The molecule has 0 aromatic carbocycles. The Hall–Kier alpha value is -0.960. The maximum absolute atomic E-state index is 12.6. The summed E-state index contributed by atoms with van der Waals surface area (Å²) in [4.78, 5) is 6.21. The molecule has 1 aromatic rings. The lowest BCUT2D eigenvalue weighted by Gasteiger charge is -2.37. The molecule has 8 heteroatoms. The lowest BCUT2D eigenvalue weighted by molar-refractivity contribution is 0.163. The topological polar surface area (TPSA) is 84.5 Å². The van der Waals surface area contributed by atoms with E-state index in [9.17, 15) is 8.42 Å². The van der Waals surface area contributed by atoms with Crippen molar-refractivity contribution < 1.29 is 8.42 Å². The van der Waals surface area contributed by atoms with Crippen LogP contribution in [0.15, 0.2) is 11.2 Å². The zero-order valence-corrected chi connectivity index (χ0v) is 12.4. The molecule has 0 spiro atoms. The molecule has 0 aliphatic carbocycles. The van der Waals surface area contributed by atoms with E-state index in [-0.39, 0.29) is 11.1 Å². The van der Waals surface area contributed by atoms with Gasteiger partial charge in [-0.15, -0.1) is 0 Å². The summed E-state index contributed by atoms with van der Waals surface area (Å²) in [6.07, 6.45) is 1.55. The van der Waals surface area contributed by atoms with Gasteiger partial charge in [-0.2, -0.15) is 4.31 Å². The van der Waals surface area contributed by atoms with Gasteiger partial charge in [-0.1, -0.05) is 0 Å². The van der Waals surface area contributed by atoms with Crippen molar-refractivity contribution in [2.75, 3.05) is 33.2 Å². The Bertz CT molecular complexity index is 534. The molecule has 1 saturated heterocycles. The number of hydrogen-bond acceptors (Lipinski definition) is 5. The lowest BCUT2D eigenvalue weighted by atomic mass is 10.2. The standard InChI is InChI=1S/C11H21N5O2S/c1-9-13-11(8-15(9)3)19(17,18)16-5-4-14(2)7-10(16)6-12/h8,10H,4-7,12H2,1-3H3. The third-order valence-electron chi connectivity index (χ3n) is 3.56.